The Labute approximate surface area is 147 Å². The topological polar surface area (TPSA) is 64.8 Å². The Balaban J connectivity index is 2.46. The summed E-state index contributed by atoms with van der Waals surface area (Å²) in [5.41, 5.74) is 5.52. The smallest absolute Gasteiger partial charge is 0.410 e. The highest BCUT2D eigenvalue weighted by Gasteiger charge is 2.30. The third-order valence-corrected chi connectivity index (χ3v) is 4.14. The summed E-state index contributed by atoms with van der Waals surface area (Å²) in [6.07, 6.45) is 11.3. The van der Waals surface area contributed by atoms with Gasteiger partial charge in [-0.15, -0.1) is 12.3 Å². The maximum Gasteiger partial charge on any atom is 0.410 e. The highest BCUT2D eigenvalue weighted by molar-refractivity contribution is 5.68. The van der Waals surface area contributed by atoms with Gasteiger partial charge in [0, 0.05) is 31.7 Å². The third-order valence-electron chi connectivity index (χ3n) is 4.14. The van der Waals surface area contributed by atoms with E-state index in [4.69, 9.17) is 21.6 Å². The van der Waals surface area contributed by atoms with E-state index in [9.17, 15) is 4.79 Å². The molecule has 0 unspecified atom stereocenters. The van der Waals surface area contributed by atoms with Gasteiger partial charge in [-0.3, -0.25) is 0 Å². The van der Waals surface area contributed by atoms with Crippen LogP contribution in [0.25, 0.3) is 0 Å². The molecule has 1 rings (SSSR count). The minimum Gasteiger partial charge on any atom is -0.444 e. The number of nitrogens with zero attached hydrogens (tertiary/aromatic N) is 1. The van der Waals surface area contributed by atoms with E-state index in [2.05, 4.69) is 5.92 Å². The van der Waals surface area contributed by atoms with Crippen molar-refractivity contribution < 1.29 is 14.3 Å². The zero-order valence-corrected chi connectivity index (χ0v) is 15.6. The van der Waals surface area contributed by atoms with Crippen molar-refractivity contribution in [2.24, 2.45) is 5.73 Å². The second-order valence-corrected chi connectivity index (χ2v) is 7.52. The minimum atomic E-state index is -0.473. The normalized spacial score (nSPS) is 21.1. The summed E-state index contributed by atoms with van der Waals surface area (Å²) in [7, 11) is 0. The van der Waals surface area contributed by atoms with Crippen LogP contribution in [0, 0.1) is 12.3 Å². The van der Waals surface area contributed by atoms with Crippen LogP contribution in [0.1, 0.15) is 65.7 Å². The van der Waals surface area contributed by atoms with Gasteiger partial charge in [-0.05, 0) is 59.3 Å². The van der Waals surface area contributed by atoms with Crippen LogP contribution in [0.3, 0.4) is 0 Å². The lowest BCUT2D eigenvalue weighted by atomic mass is 9.91. The quantitative estimate of drug-likeness (QED) is 0.545. The number of carbonyl (C=O) groups is 1. The molecule has 0 heterocycles. The van der Waals surface area contributed by atoms with Gasteiger partial charge in [0.15, 0.2) is 0 Å². The van der Waals surface area contributed by atoms with Crippen LogP contribution < -0.4 is 5.73 Å². The molecule has 0 saturated heterocycles. The molecule has 138 valence electrons. The summed E-state index contributed by atoms with van der Waals surface area (Å²) in [6, 6.07) is 0.508. The van der Waals surface area contributed by atoms with Crippen molar-refractivity contribution in [1.29, 1.82) is 0 Å². The summed E-state index contributed by atoms with van der Waals surface area (Å²) >= 11 is 0. The van der Waals surface area contributed by atoms with Crippen LogP contribution in [0.5, 0.6) is 0 Å². The van der Waals surface area contributed by atoms with Crippen molar-refractivity contribution in [2.45, 2.75) is 83.4 Å². The lowest BCUT2D eigenvalue weighted by Gasteiger charge is -2.37. The van der Waals surface area contributed by atoms with Crippen molar-refractivity contribution in [1.82, 2.24) is 4.90 Å². The second kappa shape index (κ2) is 10.6. The van der Waals surface area contributed by atoms with E-state index in [1.165, 1.54) is 0 Å². The molecule has 0 atom stereocenters. The summed E-state index contributed by atoms with van der Waals surface area (Å²) in [6.45, 7) is 7.69. The van der Waals surface area contributed by atoms with Crippen molar-refractivity contribution in [3.05, 3.63) is 0 Å². The number of amides is 1. The molecule has 1 amide bonds. The molecule has 1 saturated carbocycles. The van der Waals surface area contributed by atoms with Crippen LogP contribution in [-0.2, 0) is 9.47 Å². The zero-order chi connectivity index (χ0) is 18.0. The summed E-state index contributed by atoms with van der Waals surface area (Å²) < 4.78 is 11.1. The number of hydrogen-bond donors (Lipinski definition) is 1. The molecule has 0 aromatic heterocycles. The lowest BCUT2D eigenvalue weighted by Crippen LogP contribution is -2.46. The average molecular weight is 338 g/mol. The Morgan fingerprint density at radius 2 is 1.88 bits per heavy atom. The van der Waals surface area contributed by atoms with Gasteiger partial charge in [-0.25, -0.2) is 4.79 Å². The Hall–Kier alpha value is -1.25. The van der Waals surface area contributed by atoms with Crippen molar-refractivity contribution in [2.75, 3.05) is 19.8 Å². The molecule has 5 heteroatoms. The maximum atomic E-state index is 12.6. The first-order valence-corrected chi connectivity index (χ1v) is 9.10. The van der Waals surface area contributed by atoms with Gasteiger partial charge < -0.3 is 20.1 Å². The van der Waals surface area contributed by atoms with Gasteiger partial charge >= 0.3 is 6.09 Å². The fourth-order valence-electron chi connectivity index (χ4n) is 2.88. The molecule has 0 aromatic carbocycles. The maximum absolute atomic E-state index is 12.6. The Morgan fingerprint density at radius 1 is 1.21 bits per heavy atom. The van der Waals surface area contributed by atoms with E-state index in [0.29, 0.717) is 26.2 Å². The standard InChI is InChI=1S/C19H34N2O3/c1-5-6-14-23-15-8-7-13-21(18(22)24-19(2,3)4)17-11-9-16(20)10-12-17/h1,16-17H,6-15,20H2,2-4H3/t16-,17+. The van der Waals surface area contributed by atoms with E-state index < -0.39 is 5.60 Å². The molecule has 5 nitrogen and oxygen atoms in total. The van der Waals surface area contributed by atoms with E-state index in [0.717, 1.165) is 38.5 Å². The van der Waals surface area contributed by atoms with Crippen molar-refractivity contribution in [3.8, 4) is 12.3 Å². The van der Waals surface area contributed by atoms with Crippen LogP contribution >= 0.6 is 0 Å². The van der Waals surface area contributed by atoms with Crippen LogP contribution in [0.4, 0.5) is 4.79 Å². The highest BCUT2D eigenvalue weighted by atomic mass is 16.6. The molecule has 24 heavy (non-hydrogen) atoms. The predicted molar refractivity (Wildman–Crippen MR) is 96.7 cm³/mol. The molecule has 0 radical (unpaired) electrons. The molecule has 0 spiro atoms. The molecule has 1 aliphatic rings. The summed E-state index contributed by atoms with van der Waals surface area (Å²) in [4.78, 5) is 14.5. The lowest BCUT2D eigenvalue weighted by molar-refractivity contribution is 0.0105. The Bertz CT molecular complexity index is 404. The monoisotopic (exact) mass is 338 g/mol. The van der Waals surface area contributed by atoms with Crippen LogP contribution in [-0.4, -0.2) is 48.4 Å². The molecular formula is C19H34N2O3. The number of nitrogens with two attached hydrogens (primary N) is 1. The first-order valence-electron chi connectivity index (χ1n) is 9.10. The van der Waals surface area contributed by atoms with E-state index in [-0.39, 0.29) is 18.2 Å². The van der Waals surface area contributed by atoms with Crippen LogP contribution in [0.2, 0.25) is 0 Å². The SMILES string of the molecule is C#CCCOCCCCN(C(=O)OC(C)(C)C)[C@H]1CC[C@@H](N)CC1. The van der Waals surface area contributed by atoms with E-state index in [1.807, 2.05) is 25.7 Å². The average Bonchev–Trinajstić information content (AvgIpc) is 2.49. The van der Waals surface area contributed by atoms with Crippen molar-refractivity contribution in [3.63, 3.8) is 0 Å². The fraction of sp³-hybridized carbons (Fsp3) is 0.842. The van der Waals surface area contributed by atoms with Gasteiger partial charge in [0.05, 0.1) is 6.61 Å². The molecule has 0 aliphatic heterocycles. The number of rotatable bonds is 8. The molecule has 0 bridgehead atoms. The Kier molecular flexibility index (Phi) is 9.17. The number of carbonyl (C=O) groups excluding carboxylic acids is 1. The number of hydrogen-bond acceptors (Lipinski definition) is 4. The second-order valence-electron chi connectivity index (χ2n) is 7.52. The van der Waals surface area contributed by atoms with Gasteiger partial charge in [-0.1, -0.05) is 0 Å². The first kappa shape index (κ1) is 20.8. The van der Waals surface area contributed by atoms with E-state index >= 15 is 0 Å². The molecular weight excluding hydrogens is 304 g/mol. The fourth-order valence-corrected chi connectivity index (χ4v) is 2.88. The number of terminal acetylenes is 1. The van der Waals surface area contributed by atoms with Gasteiger partial charge in [0.1, 0.15) is 5.60 Å². The predicted octanol–water partition coefficient (Wildman–Crippen LogP) is 3.31. The molecule has 0 aromatic rings. The minimum absolute atomic E-state index is 0.212. The largest absolute Gasteiger partial charge is 0.444 e. The Morgan fingerprint density at radius 3 is 2.46 bits per heavy atom. The number of unbranched alkanes of at least 4 members (excludes halogenated alkanes) is 1. The molecule has 2 N–H and O–H groups in total. The van der Waals surface area contributed by atoms with E-state index in [1.54, 1.807) is 0 Å². The van der Waals surface area contributed by atoms with Crippen LogP contribution in [0.15, 0.2) is 0 Å². The van der Waals surface area contributed by atoms with Gasteiger partial charge in [-0.2, -0.15) is 0 Å². The van der Waals surface area contributed by atoms with Crippen molar-refractivity contribution >= 4 is 6.09 Å². The van der Waals surface area contributed by atoms with Gasteiger partial charge in [0.2, 0.25) is 0 Å². The van der Waals surface area contributed by atoms with Gasteiger partial charge in [0.25, 0.3) is 0 Å². The highest BCUT2D eigenvalue weighted by Crippen LogP contribution is 2.24. The third kappa shape index (κ3) is 8.56. The summed E-state index contributed by atoms with van der Waals surface area (Å²) in [5.74, 6) is 2.56. The molecule has 1 aliphatic carbocycles. The zero-order valence-electron chi connectivity index (χ0n) is 15.6. The first-order chi connectivity index (χ1) is 11.3. The number of ether oxygens (including phenoxy) is 2. The summed E-state index contributed by atoms with van der Waals surface area (Å²) in [5, 5.41) is 0. The molecule has 1 fully saturated rings.